The van der Waals surface area contributed by atoms with E-state index in [2.05, 4.69) is 33.9 Å². The summed E-state index contributed by atoms with van der Waals surface area (Å²) in [4.78, 5) is 11.9. The molecule has 1 aliphatic heterocycles. The molecule has 0 fully saturated rings. The van der Waals surface area contributed by atoms with Gasteiger partial charge in [-0.1, -0.05) is 18.2 Å². The number of nitrogens with zero attached hydrogens (tertiary/aromatic N) is 2. The molecule has 5 heteroatoms. The van der Waals surface area contributed by atoms with E-state index in [0.717, 1.165) is 13.0 Å². The number of hydrogen-bond donors (Lipinski definition) is 2. The standard InChI is InChI=1S/C15H18N4O/c1-19-9-7-14(18-19)15(20)16-8-6-11-10-17-13-5-3-2-4-12(11)13/h2-5,7,9,11,17H,6,8,10H2,1H3,(H,16,20). The van der Waals surface area contributed by atoms with Gasteiger partial charge in [-0.15, -0.1) is 0 Å². The SMILES string of the molecule is Cn1ccc(C(=O)NCCC2CNc3ccccc32)n1. The Labute approximate surface area is 118 Å². The summed E-state index contributed by atoms with van der Waals surface area (Å²) in [7, 11) is 1.80. The lowest BCUT2D eigenvalue weighted by molar-refractivity contribution is 0.0947. The molecular weight excluding hydrogens is 252 g/mol. The van der Waals surface area contributed by atoms with Crippen molar-refractivity contribution >= 4 is 11.6 Å². The van der Waals surface area contributed by atoms with Crippen LogP contribution < -0.4 is 10.6 Å². The van der Waals surface area contributed by atoms with Crippen LogP contribution in [0.4, 0.5) is 5.69 Å². The minimum atomic E-state index is -0.107. The molecule has 0 saturated carbocycles. The monoisotopic (exact) mass is 270 g/mol. The molecule has 5 nitrogen and oxygen atoms in total. The molecule has 1 aromatic carbocycles. The van der Waals surface area contributed by atoms with Crippen molar-refractivity contribution in [3.63, 3.8) is 0 Å². The summed E-state index contributed by atoms with van der Waals surface area (Å²) in [6, 6.07) is 10.1. The molecule has 1 aromatic heterocycles. The molecular formula is C15H18N4O. The molecule has 104 valence electrons. The van der Waals surface area contributed by atoms with E-state index in [4.69, 9.17) is 0 Å². The number of para-hydroxylation sites is 1. The molecule has 0 bridgehead atoms. The molecule has 1 aliphatic rings. The van der Waals surface area contributed by atoms with Gasteiger partial charge >= 0.3 is 0 Å². The smallest absolute Gasteiger partial charge is 0.271 e. The second kappa shape index (κ2) is 5.36. The highest BCUT2D eigenvalue weighted by molar-refractivity contribution is 5.92. The van der Waals surface area contributed by atoms with E-state index in [-0.39, 0.29) is 5.91 Å². The third kappa shape index (κ3) is 2.52. The lowest BCUT2D eigenvalue weighted by Crippen LogP contribution is -2.26. The van der Waals surface area contributed by atoms with E-state index < -0.39 is 0 Å². The van der Waals surface area contributed by atoms with Crippen molar-refractivity contribution in [1.82, 2.24) is 15.1 Å². The zero-order valence-corrected chi connectivity index (χ0v) is 11.5. The number of amides is 1. The van der Waals surface area contributed by atoms with Crippen molar-refractivity contribution in [3.05, 3.63) is 47.8 Å². The number of carbonyl (C=O) groups excluding carboxylic acids is 1. The summed E-state index contributed by atoms with van der Waals surface area (Å²) in [5.41, 5.74) is 3.03. The normalized spacial score (nSPS) is 16.6. The molecule has 1 atom stereocenters. The fourth-order valence-electron chi connectivity index (χ4n) is 2.60. The zero-order valence-electron chi connectivity index (χ0n) is 11.5. The van der Waals surface area contributed by atoms with Crippen LogP contribution in [0, 0.1) is 0 Å². The highest BCUT2D eigenvalue weighted by atomic mass is 16.1. The van der Waals surface area contributed by atoms with Gasteiger partial charge in [0.05, 0.1) is 0 Å². The van der Waals surface area contributed by atoms with E-state index in [1.165, 1.54) is 11.3 Å². The van der Waals surface area contributed by atoms with Gasteiger partial charge in [-0.2, -0.15) is 5.10 Å². The fourth-order valence-corrected chi connectivity index (χ4v) is 2.60. The zero-order chi connectivity index (χ0) is 13.9. The maximum absolute atomic E-state index is 11.9. The predicted molar refractivity (Wildman–Crippen MR) is 77.8 cm³/mol. The second-order valence-electron chi connectivity index (χ2n) is 5.08. The Balaban J connectivity index is 1.53. The first kappa shape index (κ1) is 12.7. The van der Waals surface area contributed by atoms with Gasteiger partial charge in [-0.25, -0.2) is 0 Å². The van der Waals surface area contributed by atoms with Crippen LogP contribution in [-0.4, -0.2) is 28.8 Å². The molecule has 1 unspecified atom stereocenters. The first-order valence-corrected chi connectivity index (χ1v) is 6.84. The molecule has 2 heterocycles. The maximum atomic E-state index is 11.9. The van der Waals surface area contributed by atoms with Gasteiger partial charge in [0.2, 0.25) is 0 Å². The lowest BCUT2D eigenvalue weighted by Gasteiger charge is -2.10. The van der Waals surface area contributed by atoms with Crippen LogP contribution in [0.3, 0.4) is 0 Å². The van der Waals surface area contributed by atoms with E-state index in [1.807, 2.05) is 6.07 Å². The first-order valence-electron chi connectivity index (χ1n) is 6.84. The Hall–Kier alpha value is -2.30. The molecule has 0 spiro atoms. The molecule has 3 rings (SSSR count). The van der Waals surface area contributed by atoms with E-state index in [1.54, 1.807) is 24.0 Å². The van der Waals surface area contributed by atoms with Crippen LogP contribution >= 0.6 is 0 Å². The number of nitrogens with one attached hydrogen (secondary N) is 2. The fraction of sp³-hybridized carbons (Fsp3) is 0.333. The van der Waals surface area contributed by atoms with Gasteiger partial charge in [0, 0.05) is 37.9 Å². The number of aryl methyl sites for hydroxylation is 1. The van der Waals surface area contributed by atoms with Gasteiger partial charge in [0.25, 0.3) is 5.91 Å². The van der Waals surface area contributed by atoms with Crippen LogP contribution in [0.5, 0.6) is 0 Å². The molecule has 2 aromatic rings. The highest BCUT2D eigenvalue weighted by Crippen LogP contribution is 2.32. The molecule has 0 aliphatic carbocycles. The summed E-state index contributed by atoms with van der Waals surface area (Å²) < 4.78 is 1.63. The van der Waals surface area contributed by atoms with Crippen molar-refractivity contribution in [2.75, 3.05) is 18.4 Å². The van der Waals surface area contributed by atoms with Gasteiger partial charge < -0.3 is 10.6 Å². The first-order chi connectivity index (χ1) is 9.74. The molecule has 0 radical (unpaired) electrons. The topological polar surface area (TPSA) is 59.0 Å². The van der Waals surface area contributed by atoms with Crippen molar-refractivity contribution in [3.8, 4) is 0 Å². The number of fused-ring (bicyclic) bond motifs is 1. The number of carbonyl (C=O) groups is 1. The minimum Gasteiger partial charge on any atom is -0.384 e. The molecule has 20 heavy (non-hydrogen) atoms. The summed E-state index contributed by atoms with van der Waals surface area (Å²) in [6.45, 7) is 1.61. The number of benzene rings is 1. The number of aromatic nitrogens is 2. The average molecular weight is 270 g/mol. The maximum Gasteiger partial charge on any atom is 0.271 e. The lowest BCUT2D eigenvalue weighted by atomic mass is 9.98. The van der Waals surface area contributed by atoms with Crippen LogP contribution in [0.15, 0.2) is 36.5 Å². The summed E-state index contributed by atoms with van der Waals surface area (Å²) in [5.74, 6) is 0.361. The largest absolute Gasteiger partial charge is 0.384 e. The highest BCUT2D eigenvalue weighted by Gasteiger charge is 2.21. The Kier molecular flexibility index (Phi) is 3.41. The summed E-state index contributed by atoms with van der Waals surface area (Å²) >= 11 is 0. The Bertz CT molecular complexity index is 620. The van der Waals surface area contributed by atoms with Crippen molar-refractivity contribution in [2.45, 2.75) is 12.3 Å². The summed E-state index contributed by atoms with van der Waals surface area (Å²) in [5, 5.41) is 10.4. The van der Waals surface area contributed by atoms with Crippen molar-refractivity contribution < 1.29 is 4.79 Å². The summed E-state index contributed by atoms with van der Waals surface area (Å²) in [6.07, 6.45) is 2.70. The second-order valence-corrected chi connectivity index (χ2v) is 5.08. The van der Waals surface area contributed by atoms with Crippen molar-refractivity contribution in [2.24, 2.45) is 7.05 Å². The van der Waals surface area contributed by atoms with Crippen molar-refractivity contribution in [1.29, 1.82) is 0 Å². The van der Waals surface area contributed by atoms with Crippen LogP contribution in [0.1, 0.15) is 28.4 Å². The number of rotatable bonds is 4. The third-order valence-electron chi connectivity index (χ3n) is 3.66. The predicted octanol–water partition coefficient (Wildman–Crippen LogP) is 1.75. The van der Waals surface area contributed by atoms with Crippen LogP contribution in [0.25, 0.3) is 0 Å². The number of anilines is 1. The van der Waals surface area contributed by atoms with Crippen LogP contribution in [0.2, 0.25) is 0 Å². The van der Waals surface area contributed by atoms with Crippen LogP contribution in [-0.2, 0) is 7.05 Å². The molecule has 2 N–H and O–H groups in total. The quantitative estimate of drug-likeness (QED) is 0.890. The van der Waals surface area contributed by atoms with E-state index in [0.29, 0.717) is 18.2 Å². The third-order valence-corrected chi connectivity index (χ3v) is 3.66. The Morgan fingerprint density at radius 2 is 2.30 bits per heavy atom. The van der Waals surface area contributed by atoms with Gasteiger partial charge in [-0.05, 0) is 24.1 Å². The molecule has 1 amide bonds. The minimum absolute atomic E-state index is 0.107. The Morgan fingerprint density at radius 3 is 3.10 bits per heavy atom. The number of hydrogen-bond acceptors (Lipinski definition) is 3. The average Bonchev–Trinajstić information content (AvgIpc) is 3.06. The van der Waals surface area contributed by atoms with E-state index in [9.17, 15) is 4.79 Å². The van der Waals surface area contributed by atoms with Gasteiger partial charge in [0.15, 0.2) is 0 Å². The molecule has 0 saturated heterocycles. The van der Waals surface area contributed by atoms with Gasteiger partial charge in [-0.3, -0.25) is 9.48 Å². The Morgan fingerprint density at radius 1 is 1.45 bits per heavy atom. The van der Waals surface area contributed by atoms with Gasteiger partial charge in [0.1, 0.15) is 5.69 Å². The van der Waals surface area contributed by atoms with E-state index >= 15 is 0 Å².